The molecule has 0 atom stereocenters. The Kier molecular flexibility index (Phi) is 8.27. The van der Waals surface area contributed by atoms with Gasteiger partial charge in [0, 0.05) is 24.0 Å². The zero-order chi connectivity index (χ0) is 20.5. The molecule has 1 aromatic heterocycles. The summed E-state index contributed by atoms with van der Waals surface area (Å²) in [5, 5.41) is 2.01. The largest absolute Gasteiger partial charge is 0.494 e. The summed E-state index contributed by atoms with van der Waals surface area (Å²) in [4.78, 5) is 19.3. The van der Waals surface area contributed by atoms with Crippen molar-refractivity contribution in [2.24, 2.45) is 4.99 Å². The number of para-hydroxylation sites is 2. The lowest BCUT2D eigenvalue weighted by atomic mass is 10.3. The number of ether oxygens (including phenoxy) is 3. The minimum absolute atomic E-state index is 0.207. The van der Waals surface area contributed by atoms with Gasteiger partial charge in [0.2, 0.25) is 0 Å². The summed E-state index contributed by atoms with van der Waals surface area (Å²) in [6.45, 7) is 7.91. The van der Waals surface area contributed by atoms with Gasteiger partial charge in [-0.1, -0.05) is 12.1 Å². The number of benzene rings is 1. The van der Waals surface area contributed by atoms with Gasteiger partial charge in [-0.25, -0.2) is 4.99 Å². The highest BCUT2D eigenvalue weighted by molar-refractivity contribution is 7.07. The topological polar surface area (TPSA) is 66.5 Å². The van der Waals surface area contributed by atoms with Crippen molar-refractivity contribution in [3.05, 3.63) is 40.1 Å². The van der Waals surface area contributed by atoms with Gasteiger partial charge in [0.25, 0.3) is 0 Å². The first-order valence-electron chi connectivity index (χ1n) is 10.1. The molecule has 2 aromatic rings. The molecule has 29 heavy (non-hydrogen) atoms. The van der Waals surface area contributed by atoms with Crippen molar-refractivity contribution < 1.29 is 23.9 Å². The van der Waals surface area contributed by atoms with E-state index in [0.29, 0.717) is 6.61 Å². The molecule has 1 aliphatic heterocycles. The van der Waals surface area contributed by atoms with Gasteiger partial charge in [-0.3, -0.25) is 4.79 Å². The van der Waals surface area contributed by atoms with Crippen LogP contribution in [0.1, 0.15) is 19.0 Å². The highest BCUT2D eigenvalue weighted by atomic mass is 32.1. The Morgan fingerprint density at radius 3 is 2.86 bits per heavy atom. The molecule has 1 N–H and O–H groups in total. The Labute approximate surface area is 175 Å². The maximum absolute atomic E-state index is 12.1. The third kappa shape index (κ3) is 6.16. The number of morpholine rings is 1. The van der Waals surface area contributed by atoms with Gasteiger partial charge < -0.3 is 23.7 Å². The Hall–Kier alpha value is -2.16. The number of carbonyl (C=O) groups excluding carboxylic acids is 1. The molecule has 0 aliphatic carbocycles. The number of nitrogens with one attached hydrogen (secondary N) is 1. The molecule has 0 amide bonds. The summed E-state index contributed by atoms with van der Waals surface area (Å²) in [5.41, 5.74) is 1.73. The van der Waals surface area contributed by atoms with Crippen molar-refractivity contribution in [2.75, 3.05) is 46.6 Å². The number of aromatic nitrogens is 1. The Bertz CT molecular complexity index is 856. The van der Waals surface area contributed by atoms with Gasteiger partial charge >= 0.3 is 5.97 Å². The molecular formula is C21H30N3O4S+. The summed E-state index contributed by atoms with van der Waals surface area (Å²) < 4.78 is 18.2. The number of quaternary nitrogens is 1. The lowest BCUT2D eigenvalue weighted by Crippen LogP contribution is -3.14. The molecule has 2 heterocycles. The number of hydrogen-bond acceptors (Lipinski definition) is 6. The van der Waals surface area contributed by atoms with Crippen LogP contribution in [0.4, 0.5) is 5.69 Å². The predicted molar refractivity (Wildman–Crippen MR) is 112 cm³/mol. The van der Waals surface area contributed by atoms with E-state index in [1.165, 1.54) is 0 Å². The van der Waals surface area contributed by atoms with Crippen molar-refractivity contribution in [3.63, 3.8) is 0 Å². The van der Waals surface area contributed by atoms with E-state index in [2.05, 4.69) is 4.57 Å². The van der Waals surface area contributed by atoms with Crippen LogP contribution < -0.4 is 14.4 Å². The molecule has 0 radical (unpaired) electrons. The van der Waals surface area contributed by atoms with E-state index >= 15 is 0 Å². The fourth-order valence-corrected chi connectivity index (χ4v) is 4.36. The van der Waals surface area contributed by atoms with Crippen molar-refractivity contribution in [1.29, 1.82) is 0 Å². The van der Waals surface area contributed by atoms with Gasteiger partial charge in [-0.2, -0.15) is 0 Å². The van der Waals surface area contributed by atoms with Crippen LogP contribution in [0.25, 0.3) is 0 Å². The van der Waals surface area contributed by atoms with Crippen LogP contribution in [0.5, 0.6) is 5.75 Å². The molecule has 1 aromatic carbocycles. The molecule has 3 rings (SSSR count). The maximum Gasteiger partial charge on any atom is 0.311 e. The second-order valence-corrected chi connectivity index (χ2v) is 7.73. The van der Waals surface area contributed by atoms with Crippen molar-refractivity contribution in [2.45, 2.75) is 26.3 Å². The Balaban J connectivity index is 1.81. The number of rotatable bonds is 9. The van der Waals surface area contributed by atoms with Crippen molar-refractivity contribution in [3.8, 4) is 5.75 Å². The Morgan fingerprint density at radius 1 is 1.31 bits per heavy atom. The van der Waals surface area contributed by atoms with Crippen LogP contribution in [0, 0.1) is 0 Å². The van der Waals surface area contributed by atoms with E-state index in [1.54, 1.807) is 23.3 Å². The van der Waals surface area contributed by atoms with Gasteiger partial charge in [-0.15, -0.1) is 11.3 Å². The maximum atomic E-state index is 12.1. The van der Waals surface area contributed by atoms with Gasteiger partial charge in [0.1, 0.15) is 24.5 Å². The number of carbonyl (C=O) groups is 1. The molecule has 0 saturated carbocycles. The Morgan fingerprint density at radius 2 is 2.10 bits per heavy atom. The zero-order valence-electron chi connectivity index (χ0n) is 17.2. The molecule has 0 spiro atoms. The van der Waals surface area contributed by atoms with E-state index in [-0.39, 0.29) is 12.4 Å². The second-order valence-electron chi connectivity index (χ2n) is 6.89. The molecule has 1 fully saturated rings. The van der Waals surface area contributed by atoms with E-state index in [0.717, 1.165) is 67.7 Å². The lowest BCUT2D eigenvalue weighted by Gasteiger charge is -2.23. The summed E-state index contributed by atoms with van der Waals surface area (Å²) in [6.07, 6.45) is 1.27. The summed E-state index contributed by atoms with van der Waals surface area (Å²) >= 11 is 1.54. The van der Waals surface area contributed by atoms with Crippen LogP contribution >= 0.6 is 11.3 Å². The fourth-order valence-electron chi connectivity index (χ4n) is 3.42. The van der Waals surface area contributed by atoms with Crippen molar-refractivity contribution >= 4 is 23.0 Å². The third-order valence-electron chi connectivity index (χ3n) is 4.92. The molecule has 1 saturated heterocycles. The quantitative estimate of drug-likeness (QED) is 0.619. The summed E-state index contributed by atoms with van der Waals surface area (Å²) in [7, 11) is 1.65. The normalized spacial score (nSPS) is 15.4. The molecular weight excluding hydrogens is 390 g/mol. The first kappa shape index (κ1) is 21.5. The van der Waals surface area contributed by atoms with Gasteiger partial charge in [0.15, 0.2) is 4.80 Å². The number of esters is 1. The van der Waals surface area contributed by atoms with E-state index < -0.39 is 0 Å². The van der Waals surface area contributed by atoms with Crippen LogP contribution in [-0.2, 0) is 27.2 Å². The van der Waals surface area contributed by atoms with E-state index in [1.807, 2.05) is 36.6 Å². The van der Waals surface area contributed by atoms with Crippen LogP contribution in [-0.4, -0.2) is 57.1 Å². The number of hydrogen-bond donors (Lipinski definition) is 1. The first-order valence-corrected chi connectivity index (χ1v) is 11.0. The van der Waals surface area contributed by atoms with E-state index in [4.69, 9.17) is 19.2 Å². The van der Waals surface area contributed by atoms with Gasteiger partial charge in [0.05, 0.1) is 39.9 Å². The smallest absolute Gasteiger partial charge is 0.311 e. The number of thiazole rings is 1. The SMILES string of the molecule is CCOC(=O)Cc1csc(=Nc2ccccc2OC)n1CCC[NH+]1CCOCC1. The summed E-state index contributed by atoms with van der Waals surface area (Å²) in [6, 6.07) is 7.71. The molecule has 0 unspecified atom stereocenters. The minimum atomic E-state index is -0.207. The second kappa shape index (κ2) is 11.1. The van der Waals surface area contributed by atoms with E-state index in [9.17, 15) is 4.79 Å². The minimum Gasteiger partial charge on any atom is -0.494 e. The molecule has 7 nitrogen and oxygen atoms in total. The monoisotopic (exact) mass is 420 g/mol. The molecule has 8 heteroatoms. The molecule has 1 aliphatic rings. The number of nitrogens with zero attached hydrogens (tertiary/aromatic N) is 2. The van der Waals surface area contributed by atoms with Crippen LogP contribution in [0.3, 0.4) is 0 Å². The standard InChI is InChI=1S/C21H29N3O4S/c1-3-28-20(25)15-17-16-29-21(22-18-7-4-5-8-19(18)26-2)24(17)10-6-9-23-11-13-27-14-12-23/h4-5,7-8,16H,3,6,9-15H2,1-2H3/p+1. The first-order chi connectivity index (χ1) is 14.2. The highest BCUT2D eigenvalue weighted by Gasteiger charge is 2.15. The average molecular weight is 421 g/mol. The van der Waals surface area contributed by atoms with Crippen LogP contribution in [0.2, 0.25) is 0 Å². The van der Waals surface area contributed by atoms with Gasteiger partial charge in [-0.05, 0) is 19.1 Å². The third-order valence-corrected chi connectivity index (χ3v) is 5.83. The molecule has 158 valence electrons. The summed E-state index contributed by atoms with van der Waals surface area (Å²) in [5.74, 6) is 0.527. The zero-order valence-corrected chi connectivity index (χ0v) is 18.0. The molecule has 0 bridgehead atoms. The average Bonchev–Trinajstić information content (AvgIpc) is 3.10. The van der Waals surface area contributed by atoms with Crippen LogP contribution in [0.15, 0.2) is 34.6 Å². The lowest BCUT2D eigenvalue weighted by molar-refractivity contribution is -0.908. The number of methoxy groups -OCH3 is 1. The predicted octanol–water partition coefficient (Wildman–Crippen LogP) is 1.20. The fraction of sp³-hybridized carbons (Fsp3) is 0.524. The highest BCUT2D eigenvalue weighted by Crippen LogP contribution is 2.25. The van der Waals surface area contributed by atoms with Crippen molar-refractivity contribution in [1.82, 2.24) is 4.57 Å².